The van der Waals surface area contributed by atoms with Crippen LogP contribution in [-0.4, -0.2) is 55.8 Å². The number of carbonyl (C=O) groups is 1. The maximum Gasteiger partial charge on any atom is 0.260 e. The van der Waals surface area contributed by atoms with Crippen molar-refractivity contribution >= 4 is 17.5 Å². The fraction of sp³-hybridized carbons (Fsp3) is 0.533. The molecule has 0 saturated carbocycles. The number of carbonyl (C=O) groups excluding carboxylic acids is 1. The van der Waals surface area contributed by atoms with Crippen molar-refractivity contribution in [2.45, 2.75) is 19.1 Å². The van der Waals surface area contributed by atoms with Crippen LogP contribution in [0.2, 0.25) is 5.02 Å². The second-order valence-corrected chi connectivity index (χ2v) is 5.83. The van der Waals surface area contributed by atoms with Gasteiger partial charge in [-0.05, 0) is 30.7 Å². The standard InChI is InChI=1S/C15H19ClN2O3/c1-10-6-11(2-3-12(10)16)21-9-15(19)18-4-5-20-14-8-17-7-13(14)18/h2-3,6,13-14,17H,4-5,7-9H2,1H3/t13-,14+/m1/s1. The minimum atomic E-state index is 0.00426. The topological polar surface area (TPSA) is 50.8 Å². The van der Waals surface area contributed by atoms with Crippen LogP contribution in [0.15, 0.2) is 18.2 Å². The van der Waals surface area contributed by atoms with Crippen molar-refractivity contribution in [3.8, 4) is 5.75 Å². The Morgan fingerprint density at radius 3 is 3.19 bits per heavy atom. The molecule has 2 aliphatic heterocycles. The number of rotatable bonds is 3. The highest BCUT2D eigenvalue weighted by atomic mass is 35.5. The average molecular weight is 311 g/mol. The van der Waals surface area contributed by atoms with Gasteiger partial charge in [-0.1, -0.05) is 11.6 Å². The van der Waals surface area contributed by atoms with Crippen LogP contribution in [-0.2, 0) is 9.53 Å². The van der Waals surface area contributed by atoms with E-state index in [4.69, 9.17) is 21.1 Å². The van der Waals surface area contributed by atoms with Gasteiger partial charge in [0.1, 0.15) is 5.75 Å². The largest absolute Gasteiger partial charge is 0.484 e. The third-order valence-corrected chi connectivity index (χ3v) is 4.43. The molecule has 2 heterocycles. The summed E-state index contributed by atoms with van der Waals surface area (Å²) in [6.07, 6.45) is 0.112. The number of amides is 1. The fourth-order valence-electron chi connectivity index (χ4n) is 2.83. The van der Waals surface area contributed by atoms with Crippen molar-refractivity contribution in [1.29, 1.82) is 0 Å². The Balaban J connectivity index is 1.59. The van der Waals surface area contributed by atoms with E-state index in [0.29, 0.717) is 23.9 Å². The van der Waals surface area contributed by atoms with Gasteiger partial charge in [-0.3, -0.25) is 4.79 Å². The quantitative estimate of drug-likeness (QED) is 0.912. The van der Waals surface area contributed by atoms with E-state index in [1.54, 1.807) is 12.1 Å². The highest BCUT2D eigenvalue weighted by Gasteiger charge is 2.38. The number of halogens is 1. The van der Waals surface area contributed by atoms with Crippen molar-refractivity contribution in [1.82, 2.24) is 10.2 Å². The van der Waals surface area contributed by atoms with Crippen molar-refractivity contribution < 1.29 is 14.3 Å². The summed E-state index contributed by atoms with van der Waals surface area (Å²) in [6.45, 7) is 4.78. The summed E-state index contributed by atoms with van der Waals surface area (Å²) < 4.78 is 11.3. The highest BCUT2D eigenvalue weighted by molar-refractivity contribution is 6.31. The zero-order chi connectivity index (χ0) is 14.8. The first-order valence-corrected chi connectivity index (χ1v) is 7.53. The molecule has 114 valence electrons. The average Bonchev–Trinajstić information content (AvgIpc) is 2.96. The molecule has 21 heavy (non-hydrogen) atoms. The molecule has 0 bridgehead atoms. The molecule has 1 aromatic carbocycles. The van der Waals surface area contributed by atoms with Gasteiger partial charge in [0.05, 0.1) is 18.8 Å². The third-order valence-electron chi connectivity index (χ3n) is 4.00. The van der Waals surface area contributed by atoms with E-state index in [1.807, 2.05) is 17.9 Å². The van der Waals surface area contributed by atoms with Gasteiger partial charge in [-0.25, -0.2) is 0 Å². The van der Waals surface area contributed by atoms with Gasteiger partial charge in [-0.15, -0.1) is 0 Å². The molecule has 2 aliphatic rings. The van der Waals surface area contributed by atoms with Crippen LogP contribution >= 0.6 is 11.6 Å². The van der Waals surface area contributed by atoms with Crippen LogP contribution in [0, 0.1) is 6.92 Å². The van der Waals surface area contributed by atoms with Gasteiger partial charge in [0, 0.05) is 24.7 Å². The van der Waals surface area contributed by atoms with Crippen molar-refractivity contribution in [3.05, 3.63) is 28.8 Å². The van der Waals surface area contributed by atoms with Crippen molar-refractivity contribution in [2.75, 3.05) is 32.8 Å². The van der Waals surface area contributed by atoms with Crippen LogP contribution in [0.1, 0.15) is 5.56 Å². The van der Waals surface area contributed by atoms with Gasteiger partial charge in [0.25, 0.3) is 5.91 Å². The molecule has 0 aromatic heterocycles. The molecular formula is C15H19ClN2O3. The van der Waals surface area contributed by atoms with Gasteiger partial charge >= 0.3 is 0 Å². The Morgan fingerprint density at radius 2 is 2.38 bits per heavy atom. The summed E-state index contributed by atoms with van der Waals surface area (Å²) in [5.41, 5.74) is 0.938. The lowest BCUT2D eigenvalue weighted by Gasteiger charge is -2.36. The van der Waals surface area contributed by atoms with Gasteiger partial charge in [-0.2, -0.15) is 0 Å². The van der Waals surface area contributed by atoms with Crippen LogP contribution in [0.4, 0.5) is 0 Å². The van der Waals surface area contributed by atoms with E-state index >= 15 is 0 Å². The second kappa shape index (κ2) is 6.22. The van der Waals surface area contributed by atoms with Gasteiger partial charge < -0.3 is 19.7 Å². The molecule has 0 unspecified atom stereocenters. The number of ether oxygens (including phenoxy) is 2. The third kappa shape index (κ3) is 3.15. The summed E-state index contributed by atoms with van der Waals surface area (Å²) >= 11 is 5.97. The molecule has 0 radical (unpaired) electrons. The normalized spacial score (nSPS) is 24.8. The van der Waals surface area contributed by atoms with Crippen LogP contribution in [0.3, 0.4) is 0 Å². The van der Waals surface area contributed by atoms with Gasteiger partial charge in [0.2, 0.25) is 0 Å². The Morgan fingerprint density at radius 1 is 1.52 bits per heavy atom. The van der Waals surface area contributed by atoms with Crippen LogP contribution in [0.25, 0.3) is 0 Å². The molecule has 0 spiro atoms. The molecule has 5 nitrogen and oxygen atoms in total. The summed E-state index contributed by atoms with van der Waals surface area (Å²) in [5.74, 6) is 0.671. The SMILES string of the molecule is Cc1cc(OCC(=O)N2CCO[C@H]3CNC[C@H]32)ccc1Cl. The van der Waals surface area contributed by atoms with Crippen LogP contribution in [0.5, 0.6) is 5.75 Å². The molecule has 1 N–H and O–H groups in total. The smallest absolute Gasteiger partial charge is 0.260 e. The van der Waals surface area contributed by atoms with E-state index in [1.165, 1.54) is 0 Å². The number of nitrogens with zero attached hydrogens (tertiary/aromatic N) is 1. The van der Waals surface area contributed by atoms with E-state index in [-0.39, 0.29) is 24.7 Å². The number of hydrogen-bond donors (Lipinski definition) is 1. The Hall–Kier alpha value is -1.30. The van der Waals surface area contributed by atoms with Gasteiger partial charge in [0.15, 0.2) is 6.61 Å². The summed E-state index contributed by atoms with van der Waals surface area (Å²) in [5, 5.41) is 3.96. The van der Waals surface area contributed by atoms with E-state index < -0.39 is 0 Å². The predicted octanol–water partition coefficient (Wildman–Crippen LogP) is 1.23. The first kappa shape index (κ1) is 14.6. The van der Waals surface area contributed by atoms with Crippen LogP contribution < -0.4 is 10.1 Å². The highest BCUT2D eigenvalue weighted by Crippen LogP contribution is 2.22. The zero-order valence-corrected chi connectivity index (χ0v) is 12.7. The molecule has 2 fully saturated rings. The number of fused-ring (bicyclic) bond motifs is 1. The first-order chi connectivity index (χ1) is 10.1. The monoisotopic (exact) mass is 310 g/mol. The number of nitrogens with one attached hydrogen (secondary N) is 1. The lowest BCUT2D eigenvalue weighted by atomic mass is 10.1. The molecule has 2 atom stereocenters. The minimum Gasteiger partial charge on any atom is -0.484 e. The lowest BCUT2D eigenvalue weighted by Crippen LogP contribution is -2.54. The predicted molar refractivity (Wildman–Crippen MR) is 79.8 cm³/mol. The number of aryl methyl sites for hydroxylation is 1. The Labute approximate surface area is 129 Å². The van der Waals surface area contributed by atoms with Crippen molar-refractivity contribution in [2.24, 2.45) is 0 Å². The maximum absolute atomic E-state index is 12.4. The molecular weight excluding hydrogens is 292 g/mol. The molecule has 1 amide bonds. The molecule has 3 rings (SSSR count). The second-order valence-electron chi connectivity index (χ2n) is 5.42. The fourth-order valence-corrected chi connectivity index (χ4v) is 2.95. The summed E-state index contributed by atoms with van der Waals surface area (Å²) in [4.78, 5) is 14.2. The van der Waals surface area contributed by atoms with Crippen molar-refractivity contribution in [3.63, 3.8) is 0 Å². The zero-order valence-electron chi connectivity index (χ0n) is 12.0. The molecule has 0 aliphatic carbocycles. The number of benzene rings is 1. The summed E-state index contributed by atoms with van der Waals surface area (Å²) in [6, 6.07) is 5.53. The number of hydrogen-bond acceptors (Lipinski definition) is 4. The molecule has 2 saturated heterocycles. The maximum atomic E-state index is 12.4. The summed E-state index contributed by atoms with van der Waals surface area (Å²) in [7, 11) is 0. The Bertz CT molecular complexity index is 538. The number of morpholine rings is 1. The lowest BCUT2D eigenvalue weighted by molar-refractivity contribution is -0.144. The molecule has 1 aromatic rings. The molecule has 6 heteroatoms. The first-order valence-electron chi connectivity index (χ1n) is 7.16. The minimum absolute atomic E-state index is 0.00426. The van der Waals surface area contributed by atoms with E-state index in [2.05, 4.69) is 5.32 Å². The Kier molecular flexibility index (Phi) is 4.33. The van der Waals surface area contributed by atoms with E-state index in [0.717, 1.165) is 18.7 Å². The van der Waals surface area contributed by atoms with E-state index in [9.17, 15) is 4.79 Å².